The summed E-state index contributed by atoms with van der Waals surface area (Å²) < 4.78 is 16.6. The maximum atomic E-state index is 12.6. The highest BCUT2D eigenvalue weighted by Gasteiger charge is 2.28. The normalized spacial score (nSPS) is 15.6. The van der Waals surface area contributed by atoms with Gasteiger partial charge in [-0.1, -0.05) is 54.1 Å². The molecule has 0 saturated carbocycles. The molecule has 1 aliphatic rings. The summed E-state index contributed by atoms with van der Waals surface area (Å²) in [4.78, 5) is 31.1. The number of carbonyl (C=O) groups excluding carboxylic acids is 2. The van der Waals surface area contributed by atoms with Crippen LogP contribution in [0.25, 0.3) is 11.1 Å². The molecule has 9 nitrogen and oxygen atoms in total. The number of ether oxygens (including phenoxy) is 2. The van der Waals surface area contributed by atoms with Gasteiger partial charge in [-0.25, -0.2) is 14.6 Å². The number of piperidine rings is 1. The van der Waals surface area contributed by atoms with Crippen LogP contribution in [-0.4, -0.2) is 51.9 Å². The molecule has 0 spiro atoms. The Morgan fingerprint density at radius 1 is 1.11 bits per heavy atom. The molecule has 1 fully saturated rings. The molecule has 2 aromatic carbocycles. The SMILES string of the molecule is CC(C)(C)OC(=O)N1CCC(=CC[C@H](NC(=O)OCc2ccccc2)C(O)c2nc3ccccc3o2)CC1. The summed E-state index contributed by atoms with van der Waals surface area (Å²) in [5, 5.41) is 13.9. The van der Waals surface area contributed by atoms with Crippen LogP contribution in [0.15, 0.2) is 70.7 Å². The molecule has 2 heterocycles. The Morgan fingerprint density at radius 3 is 2.47 bits per heavy atom. The number of hydrogen-bond acceptors (Lipinski definition) is 7. The second kappa shape index (κ2) is 12.1. The van der Waals surface area contributed by atoms with E-state index in [4.69, 9.17) is 13.9 Å². The number of hydrogen-bond donors (Lipinski definition) is 2. The number of carbonyl (C=O) groups is 2. The van der Waals surface area contributed by atoms with Crippen LogP contribution in [0, 0.1) is 0 Å². The lowest BCUT2D eigenvalue weighted by Crippen LogP contribution is -2.41. The lowest BCUT2D eigenvalue weighted by molar-refractivity contribution is 0.0236. The van der Waals surface area contributed by atoms with Gasteiger partial charge in [0.1, 0.15) is 17.7 Å². The van der Waals surface area contributed by atoms with E-state index in [1.54, 1.807) is 17.0 Å². The third-order valence-electron chi connectivity index (χ3n) is 6.18. The van der Waals surface area contributed by atoms with E-state index >= 15 is 0 Å². The summed E-state index contributed by atoms with van der Waals surface area (Å²) in [5.74, 6) is 0.123. The number of benzene rings is 2. The molecule has 0 aliphatic carbocycles. The van der Waals surface area contributed by atoms with Gasteiger partial charge in [0.05, 0.1) is 6.04 Å². The first-order chi connectivity index (χ1) is 18.2. The molecule has 4 rings (SSSR count). The lowest BCUT2D eigenvalue weighted by Gasteiger charge is -2.31. The molecule has 1 aromatic heterocycles. The largest absolute Gasteiger partial charge is 0.445 e. The zero-order valence-corrected chi connectivity index (χ0v) is 22.1. The number of oxazole rings is 1. The standard InChI is InChI=1S/C29H35N3O6/c1-29(2,3)38-28(35)32-17-15-20(16-18-32)13-14-23(31-27(34)36-19-21-9-5-4-6-10-21)25(33)26-30-22-11-7-8-12-24(22)37-26/h4-13,23,25,33H,14-19H2,1-3H3,(H,31,34)/t23-,25?/m0/s1. The van der Waals surface area contributed by atoms with Crippen LogP contribution in [0.2, 0.25) is 0 Å². The predicted octanol–water partition coefficient (Wildman–Crippen LogP) is 5.50. The van der Waals surface area contributed by atoms with E-state index in [-0.39, 0.29) is 18.6 Å². The van der Waals surface area contributed by atoms with E-state index in [2.05, 4.69) is 10.3 Å². The van der Waals surface area contributed by atoms with Gasteiger partial charge in [0, 0.05) is 13.1 Å². The van der Waals surface area contributed by atoms with Crippen LogP contribution in [0.4, 0.5) is 9.59 Å². The third kappa shape index (κ3) is 7.58. The highest BCUT2D eigenvalue weighted by atomic mass is 16.6. The molecule has 0 bridgehead atoms. The summed E-state index contributed by atoms with van der Waals surface area (Å²) in [6.07, 6.45) is 1.55. The number of amides is 2. The average molecular weight is 522 g/mol. The highest BCUT2D eigenvalue weighted by molar-refractivity contribution is 5.72. The number of nitrogens with one attached hydrogen (secondary N) is 1. The van der Waals surface area contributed by atoms with Gasteiger partial charge in [-0.2, -0.15) is 0 Å². The van der Waals surface area contributed by atoms with Crippen molar-refractivity contribution in [1.29, 1.82) is 0 Å². The van der Waals surface area contributed by atoms with E-state index in [0.29, 0.717) is 43.5 Å². The maximum absolute atomic E-state index is 12.6. The van der Waals surface area contributed by atoms with Crippen LogP contribution in [0.1, 0.15) is 57.6 Å². The molecule has 2 amide bonds. The summed E-state index contributed by atoms with van der Waals surface area (Å²) in [6, 6.07) is 15.9. The van der Waals surface area contributed by atoms with Crippen molar-refractivity contribution in [2.75, 3.05) is 13.1 Å². The molecule has 9 heteroatoms. The number of aliphatic hydroxyl groups is 1. The van der Waals surface area contributed by atoms with Crippen molar-refractivity contribution in [3.8, 4) is 0 Å². The molecule has 38 heavy (non-hydrogen) atoms. The van der Waals surface area contributed by atoms with Crippen LogP contribution in [-0.2, 0) is 16.1 Å². The van der Waals surface area contributed by atoms with E-state index in [0.717, 1.165) is 11.1 Å². The molecular weight excluding hydrogens is 486 g/mol. The minimum Gasteiger partial charge on any atom is -0.445 e. The smallest absolute Gasteiger partial charge is 0.410 e. The Bertz CT molecular complexity index is 1220. The van der Waals surface area contributed by atoms with Gasteiger partial charge in [-0.05, 0) is 57.7 Å². The van der Waals surface area contributed by atoms with Gasteiger partial charge < -0.3 is 29.2 Å². The van der Waals surface area contributed by atoms with E-state index in [1.165, 1.54) is 0 Å². The Hall–Kier alpha value is -3.85. The first-order valence-electron chi connectivity index (χ1n) is 12.8. The van der Waals surface area contributed by atoms with Crippen molar-refractivity contribution in [3.05, 3.63) is 77.7 Å². The topological polar surface area (TPSA) is 114 Å². The maximum Gasteiger partial charge on any atom is 0.410 e. The molecule has 1 saturated heterocycles. The van der Waals surface area contributed by atoms with Crippen molar-refractivity contribution in [1.82, 2.24) is 15.2 Å². The lowest BCUT2D eigenvalue weighted by atomic mass is 9.99. The van der Waals surface area contributed by atoms with Gasteiger partial charge in [-0.15, -0.1) is 0 Å². The fraction of sp³-hybridized carbons (Fsp3) is 0.414. The zero-order valence-electron chi connectivity index (χ0n) is 22.1. The van der Waals surface area contributed by atoms with Crippen molar-refractivity contribution >= 4 is 23.3 Å². The van der Waals surface area contributed by atoms with Crippen LogP contribution >= 0.6 is 0 Å². The fourth-order valence-electron chi connectivity index (χ4n) is 4.17. The summed E-state index contributed by atoms with van der Waals surface area (Å²) in [6.45, 7) is 6.75. The van der Waals surface area contributed by atoms with Crippen molar-refractivity contribution < 1.29 is 28.6 Å². The molecule has 2 N–H and O–H groups in total. The number of likely N-dealkylation sites (tertiary alicyclic amines) is 1. The van der Waals surface area contributed by atoms with Gasteiger partial charge in [-0.3, -0.25) is 0 Å². The molecule has 202 valence electrons. The minimum atomic E-state index is -1.19. The molecular formula is C29H35N3O6. The van der Waals surface area contributed by atoms with Crippen molar-refractivity contribution in [3.63, 3.8) is 0 Å². The van der Waals surface area contributed by atoms with Crippen molar-refractivity contribution in [2.24, 2.45) is 0 Å². The van der Waals surface area contributed by atoms with Gasteiger partial charge >= 0.3 is 12.2 Å². The Labute approximate surface area is 222 Å². The third-order valence-corrected chi connectivity index (χ3v) is 6.18. The molecule has 2 atom stereocenters. The zero-order chi connectivity index (χ0) is 27.1. The Balaban J connectivity index is 1.41. The first kappa shape index (κ1) is 27.2. The molecule has 3 aromatic rings. The number of rotatable bonds is 7. The van der Waals surface area contributed by atoms with Gasteiger partial charge in [0.2, 0.25) is 5.89 Å². The quantitative estimate of drug-likeness (QED) is 0.394. The average Bonchev–Trinajstić information content (AvgIpc) is 3.34. The summed E-state index contributed by atoms with van der Waals surface area (Å²) >= 11 is 0. The summed E-state index contributed by atoms with van der Waals surface area (Å²) in [5.41, 5.74) is 2.64. The van der Waals surface area contributed by atoms with Crippen LogP contribution in [0.3, 0.4) is 0 Å². The minimum absolute atomic E-state index is 0.111. The van der Waals surface area contributed by atoms with Gasteiger partial charge in [0.25, 0.3) is 0 Å². The van der Waals surface area contributed by atoms with Crippen molar-refractivity contribution in [2.45, 2.75) is 64.4 Å². The second-order valence-corrected chi connectivity index (χ2v) is 10.3. The number of aromatic nitrogens is 1. The molecule has 0 radical (unpaired) electrons. The fourth-order valence-corrected chi connectivity index (χ4v) is 4.17. The number of para-hydroxylation sites is 2. The second-order valence-electron chi connectivity index (χ2n) is 10.3. The van der Waals surface area contributed by atoms with Crippen LogP contribution < -0.4 is 5.32 Å². The molecule has 1 aliphatic heterocycles. The van der Waals surface area contributed by atoms with Crippen LogP contribution in [0.5, 0.6) is 0 Å². The number of aliphatic hydroxyl groups excluding tert-OH is 1. The number of alkyl carbamates (subject to hydrolysis) is 1. The van der Waals surface area contributed by atoms with E-state index < -0.39 is 23.8 Å². The first-order valence-corrected chi connectivity index (χ1v) is 12.8. The monoisotopic (exact) mass is 521 g/mol. The predicted molar refractivity (Wildman–Crippen MR) is 142 cm³/mol. The summed E-state index contributed by atoms with van der Waals surface area (Å²) in [7, 11) is 0. The van der Waals surface area contributed by atoms with Gasteiger partial charge in [0.15, 0.2) is 11.7 Å². The van der Waals surface area contributed by atoms with E-state index in [9.17, 15) is 14.7 Å². The Kier molecular flexibility index (Phi) is 8.68. The highest BCUT2D eigenvalue weighted by Crippen LogP contribution is 2.26. The number of nitrogens with zero attached hydrogens (tertiary/aromatic N) is 2. The van der Waals surface area contributed by atoms with E-state index in [1.807, 2.05) is 69.3 Å². The Morgan fingerprint density at radius 2 is 1.79 bits per heavy atom. The molecule has 1 unspecified atom stereocenters. The number of fused-ring (bicyclic) bond motifs is 1.